The molecule has 2 fully saturated rings. The second kappa shape index (κ2) is 8.23. The Bertz CT molecular complexity index is 729. The number of sulfone groups is 1. The number of carbonyl (C=O) groups is 1. The molecule has 3 unspecified atom stereocenters. The number of rotatable bonds is 5. The van der Waals surface area contributed by atoms with E-state index in [4.69, 9.17) is 0 Å². The van der Waals surface area contributed by atoms with Crippen LogP contribution in [0, 0.1) is 5.82 Å². The zero-order valence-electron chi connectivity index (χ0n) is 15.0. The highest BCUT2D eigenvalue weighted by atomic mass is 35.5. The van der Waals surface area contributed by atoms with Crippen molar-refractivity contribution >= 4 is 28.2 Å². The lowest BCUT2D eigenvalue weighted by Gasteiger charge is -2.36. The molecular formula is C18H26ClFN2O3S. The largest absolute Gasteiger partial charge is 0.343 e. The van der Waals surface area contributed by atoms with Gasteiger partial charge in [-0.3, -0.25) is 4.79 Å². The van der Waals surface area contributed by atoms with Gasteiger partial charge in [-0.25, -0.2) is 12.8 Å². The molecule has 0 spiro atoms. The van der Waals surface area contributed by atoms with Gasteiger partial charge in [0, 0.05) is 31.6 Å². The lowest BCUT2D eigenvalue weighted by atomic mass is 9.98. The van der Waals surface area contributed by atoms with E-state index >= 15 is 0 Å². The molecule has 1 aromatic carbocycles. The van der Waals surface area contributed by atoms with Crippen molar-refractivity contribution in [2.24, 2.45) is 0 Å². The predicted octanol–water partition coefficient (Wildman–Crippen LogP) is 2.54. The Kier molecular flexibility index (Phi) is 6.69. The van der Waals surface area contributed by atoms with Gasteiger partial charge < -0.3 is 10.2 Å². The molecule has 2 aliphatic heterocycles. The number of hydrogen-bond donors (Lipinski definition) is 1. The standard InChI is InChI=1S/C18H25FN2O3S.ClH/c1-12(25(23,24)17-7-3-13(19)4-8-17)9-18(22)21(2)16-10-14-5-6-15(11-16)20-14;/h3-4,7-8,12,14-16,20H,5-6,9-11H2,1-2H3;1H. The van der Waals surface area contributed by atoms with Gasteiger partial charge in [-0.15, -0.1) is 12.4 Å². The van der Waals surface area contributed by atoms with Crippen LogP contribution in [-0.4, -0.2) is 49.6 Å². The molecule has 26 heavy (non-hydrogen) atoms. The number of piperidine rings is 1. The molecule has 2 saturated heterocycles. The summed E-state index contributed by atoms with van der Waals surface area (Å²) in [6.07, 6.45) is 4.10. The molecule has 1 N–H and O–H groups in total. The monoisotopic (exact) mass is 404 g/mol. The van der Waals surface area contributed by atoms with Gasteiger partial charge in [-0.2, -0.15) is 0 Å². The van der Waals surface area contributed by atoms with E-state index < -0.39 is 20.9 Å². The average Bonchev–Trinajstić information content (AvgIpc) is 2.92. The number of amides is 1. The third kappa shape index (κ3) is 4.38. The van der Waals surface area contributed by atoms with Crippen LogP contribution in [0.5, 0.6) is 0 Å². The highest BCUT2D eigenvalue weighted by Crippen LogP contribution is 2.30. The minimum atomic E-state index is -3.65. The molecule has 2 aliphatic rings. The Hall–Kier alpha value is -1.18. The van der Waals surface area contributed by atoms with Crippen molar-refractivity contribution < 1.29 is 17.6 Å². The molecule has 2 heterocycles. The fourth-order valence-corrected chi connectivity index (χ4v) is 5.25. The summed E-state index contributed by atoms with van der Waals surface area (Å²) in [4.78, 5) is 14.4. The quantitative estimate of drug-likeness (QED) is 0.766. The second-order valence-corrected chi connectivity index (χ2v) is 9.65. The van der Waals surface area contributed by atoms with Crippen molar-refractivity contribution in [3.05, 3.63) is 30.1 Å². The summed E-state index contributed by atoms with van der Waals surface area (Å²) in [6, 6.07) is 5.86. The molecule has 2 bridgehead atoms. The van der Waals surface area contributed by atoms with Crippen molar-refractivity contribution in [3.63, 3.8) is 0 Å². The molecule has 8 heteroatoms. The number of carbonyl (C=O) groups excluding carboxylic acids is 1. The molecule has 0 radical (unpaired) electrons. The normalized spacial score (nSPS) is 26.0. The van der Waals surface area contributed by atoms with E-state index in [0.717, 1.165) is 37.8 Å². The number of nitrogens with one attached hydrogen (secondary N) is 1. The fraction of sp³-hybridized carbons (Fsp3) is 0.611. The minimum absolute atomic E-state index is 0. The van der Waals surface area contributed by atoms with E-state index in [2.05, 4.69) is 5.32 Å². The SMILES string of the molecule is CC(CC(=O)N(C)C1CC2CCC(C1)N2)S(=O)(=O)c1ccc(F)cc1.Cl. The molecule has 0 saturated carbocycles. The summed E-state index contributed by atoms with van der Waals surface area (Å²) in [6.45, 7) is 1.54. The maximum Gasteiger partial charge on any atom is 0.223 e. The van der Waals surface area contributed by atoms with Crippen LogP contribution in [0.4, 0.5) is 4.39 Å². The first kappa shape index (κ1) is 21.1. The van der Waals surface area contributed by atoms with Gasteiger partial charge in [-0.05, 0) is 56.9 Å². The first-order valence-electron chi connectivity index (χ1n) is 8.78. The average molecular weight is 405 g/mol. The molecule has 5 nitrogen and oxygen atoms in total. The van der Waals surface area contributed by atoms with E-state index in [-0.39, 0.29) is 35.7 Å². The van der Waals surface area contributed by atoms with Crippen molar-refractivity contribution in [3.8, 4) is 0 Å². The Labute approximate surface area is 160 Å². The topological polar surface area (TPSA) is 66.5 Å². The van der Waals surface area contributed by atoms with Gasteiger partial charge in [0.05, 0.1) is 10.1 Å². The maximum atomic E-state index is 13.0. The van der Waals surface area contributed by atoms with Gasteiger partial charge in [0.1, 0.15) is 5.82 Å². The van der Waals surface area contributed by atoms with Gasteiger partial charge in [0.15, 0.2) is 9.84 Å². The van der Waals surface area contributed by atoms with Gasteiger partial charge >= 0.3 is 0 Å². The van der Waals surface area contributed by atoms with Crippen LogP contribution in [0.15, 0.2) is 29.2 Å². The van der Waals surface area contributed by atoms with Gasteiger partial charge in [-0.1, -0.05) is 0 Å². The van der Waals surface area contributed by atoms with Crippen molar-refractivity contribution in [1.29, 1.82) is 0 Å². The van der Waals surface area contributed by atoms with E-state index in [1.807, 2.05) is 0 Å². The van der Waals surface area contributed by atoms with E-state index in [1.165, 1.54) is 19.1 Å². The maximum absolute atomic E-state index is 13.0. The van der Waals surface area contributed by atoms with Gasteiger partial charge in [0.25, 0.3) is 0 Å². The highest BCUT2D eigenvalue weighted by molar-refractivity contribution is 7.92. The smallest absolute Gasteiger partial charge is 0.223 e. The minimum Gasteiger partial charge on any atom is -0.343 e. The fourth-order valence-electron chi connectivity index (χ4n) is 3.90. The summed E-state index contributed by atoms with van der Waals surface area (Å²) in [7, 11) is -1.88. The van der Waals surface area contributed by atoms with Crippen LogP contribution in [-0.2, 0) is 14.6 Å². The highest BCUT2D eigenvalue weighted by Gasteiger charge is 2.37. The molecule has 0 aromatic heterocycles. The Morgan fingerprint density at radius 2 is 1.77 bits per heavy atom. The number of hydrogen-bond acceptors (Lipinski definition) is 4. The summed E-state index contributed by atoms with van der Waals surface area (Å²) in [5.41, 5.74) is 0. The van der Waals surface area contributed by atoms with Crippen LogP contribution in [0.25, 0.3) is 0 Å². The van der Waals surface area contributed by atoms with Crippen LogP contribution < -0.4 is 5.32 Å². The molecule has 0 aliphatic carbocycles. The summed E-state index contributed by atoms with van der Waals surface area (Å²) in [5.74, 6) is -0.632. The first-order chi connectivity index (χ1) is 11.8. The summed E-state index contributed by atoms with van der Waals surface area (Å²) >= 11 is 0. The predicted molar refractivity (Wildman–Crippen MR) is 101 cm³/mol. The van der Waals surface area contributed by atoms with Crippen molar-refractivity contribution in [1.82, 2.24) is 10.2 Å². The summed E-state index contributed by atoms with van der Waals surface area (Å²) in [5, 5.41) is 2.70. The van der Waals surface area contributed by atoms with Crippen molar-refractivity contribution in [2.45, 2.75) is 67.3 Å². The van der Waals surface area contributed by atoms with E-state index in [1.54, 1.807) is 11.9 Å². The zero-order valence-corrected chi connectivity index (χ0v) is 16.7. The number of halogens is 2. The van der Waals surface area contributed by atoms with Crippen LogP contribution in [0.2, 0.25) is 0 Å². The van der Waals surface area contributed by atoms with Gasteiger partial charge in [0.2, 0.25) is 5.91 Å². The van der Waals surface area contributed by atoms with Crippen molar-refractivity contribution in [2.75, 3.05) is 7.05 Å². The lowest BCUT2D eigenvalue weighted by Crippen LogP contribution is -2.49. The second-order valence-electron chi connectivity index (χ2n) is 7.28. The molecule has 3 atom stereocenters. The molecule has 1 aromatic rings. The lowest BCUT2D eigenvalue weighted by molar-refractivity contribution is -0.132. The number of nitrogens with zero attached hydrogens (tertiary/aromatic N) is 1. The molecule has 3 rings (SSSR count). The molecular weight excluding hydrogens is 379 g/mol. The first-order valence-corrected chi connectivity index (χ1v) is 10.3. The van der Waals surface area contributed by atoms with E-state index in [0.29, 0.717) is 12.1 Å². The Balaban J connectivity index is 0.00000243. The number of fused-ring (bicyclic) bond motifs is 2. The molecule has 1 amide bonds. The zero-order chi connectivity index (χ0) is 18.2. The van der Waals surface area contributed by atoms with E-state index in [9.17, 15) is 17.6 Å². The summed E-state index contributed by atoms with van der Waals surface area (Å²) < 4.78 is 38.2. The Morgan fingerprint density at radius 3 is 2.31 bits per heavy atom. The third-order valence-electron chi connectivity index (χ3n) is 5.52. The van der Waals surface area contributed by atoms with Crippen LogP contribution in [0.1, 0.15) is 39.0 Å². The third-order valence-corrected chi connectivity index (χ3v) is 7.68. The Morgan fingerprint density at radius 1 is 1.23 bits per heavy atom. The number of benzene rings is 1. The van der Waals surface area contributed by atoms with Crippen LogP contribution >= 0.6 is 12.4 Å². The molecule has 146 valence electrons. The van der Waals surface area contributed by atoms with Crippen LogP contribution in [0.3, 0.4) is 0 Å².